The Balaban J connectivity index is 0.00000363. The third-order valence-corrected chi connectivity index (χ3v) is 5.16. The zero-order valence-corrected chi connectivity index (χ0v) is 21.9. The number of ether oxygens (including phenoxy) is 1. The molecule has 3 rings (SSSR count). The first-order chi connectivity index (χ1) is 14.9. The van der Waals surface area contributed by atoms with Crippen molar-refractivity contribution in [2.75, 3.05) is 13.7 Å². The molecule has 1 aromatic carbocycles. The molecule has 32 heavy (non-hydrogen) atoms. The Hall–Kier alpha value is -2.63. The summed E-state index contributed by atoms with van der Waals surface area (Å²) >= 11 is 0. The maximum absolute atomic E-state index is 5.20. The minimum atomic E-state index is 0. The Morgan fingerprint density at radius 3 is 2.56 bits per heavy atom. The van der Waals surface area contributed by atoms with Crippen LogP contribution in [0.5, 0.6) is 5.75 Å². The highest BCUT2D eigenvalue weighted by Gasteiger charge is 2.14. The molecule has 0 bridgehead atoms. The second-order valence-corrected chi connectivity index (χ2v) is 7.55. The summed E-state index contributed by atoms with van der Waals surface area (Å²) in [5, 5.41) is 18.6. The first-order valence-corrected chi connectivity index (χ1v) is 10.5. The molecule has 0 fully saturated rings. The molecule has 2 heterocycles. The van der Waals surface area contributed by atoms with Gasteiger partial charge in [-0.3, -0.25) is 9.78 Å². The summed E-state index contributed by atoms with van der Waals surface area (Å²) < 4.78 is 7.13. The fourth-order valence-corrected chi connectivity index (χ4v) is 3.41. The number of aryl methyl sites for hydroxylation is 2. The van der Waals surface area contributed by atoms with E-state index in [1.807, 2.05) is 42.9 Å². The number of rotatable bonds is 8. The lowest BCUT2D eigenvalue weighted by Gasteiger charge is -2.18. The van der Waals surface area contributed by atoms with E-state index >= 15 is 0 Å². The lowest BCUT2D eigenvalue weighted by molar-refractivity contribution is 0.415. The molecular formula is C22H33IN8O. The second kappa shape index (κ2) is 11.8. The summed E-state index contributed by atoms with van der Waals surface area (Å²) in [6.07, 6.45) is 0.875. The van der Waals surface area contributed by atoms with Gasteiger partial charge in [0.05, 0.1) is 12.8 Å². The van der Waals surface area contributed by atoms with Crippen LogP contribution in [0.2, 0.25) is 0 Å². The van der Waals surface area contributed by atoms with Gasteiger partial charge in [0.1, 0.15) is 18.1 Å². The minimum Gasteiger partial charge on any atom is -0.497 e. The lowest BCUT2D eigenvalue weighted by Crippen LogP contribution is -2.43. The van der Waals surface area contributed by atoms with Gasteiger partial charge in [-0.05, 0) is 63.9 Å². The lowest BCUT2D eigenvalue weighted by atomic mass is 10.1. The van der Waals surface area contributed by atoms with Crippen LogP contribution < -0.4 is 15.4 Å². The molecule has 0 aliphatic carbocycles. The molecular weight excluding hydrogens is 519 g/mol. The summed E-state index contributed by atoms with van der Waals surface area (Å²) in [6, 6.07) is 7.85. The number of aromatic amines is 1. The highest BCUT2D eigenvalue weighted by Crippen LogP contribution is 2.19. The van der Waals surface area contributed by atoms with E-state index in [0.29, 0.717) is 18.2 Å². The fraction of sp³-hybridized carbons (Fsp3) is 0.455. The van der Waals surface area contributed by atoms with Gasteiger partial charge >= 0.3 is 0 Å². The normalized spacial score (nSPS) is 12.2. The third kappa shape index (κ3) is 6.44. The zero-order chi connectivity index (χ0) is 22.4. The van der Waals surface area contributed by atoms with Crippen LogP contribution in [-0.2, 0) is 20.0 Å². The molecule has 3 N–H and O–H groups in total. The molecule has 0 saturated carbocycles. The summed E-state index contributed by atoms with van der Waals surface area (Å²) in [6.45, 7) is 9.53. The Morgan fingerprint density at radius 2 is 1.97 bits per heavy atom. The smallest absolute Gasteiger partial charge is 0.191 e. The van der Waals surface area contributed by atoms with Crippen LogP contribution >= 0.6 is 24.0 Å². The molecule has 0 aliphatic rings. The van der Waals surface area contributed by atoms with E-state index in [1.54, 1.807) is 7.11 Å². The highest BCUT2D eigenvalue weighted by atomic mass is 127. The number of H-pyrrole nitrogens is 1. The number of aliphatic imine (C=N–C) groups is 1. The molecule has 1 unspecified atom stereocenters. The van der Waals surface area contributed by atoms with Crippen LogP contribution in [0.15, 0.2) is 29.3 Å². The van der Waals surface area contributed by atoms with Crippen LogP contribution in [0.1, 0.15) is 36.6 Å². The molecule has 0 amide bonds. The molecule has 3 aromatic rings. The number of hydrogen-bond donors (Lipinski definition) is 3. The number of nitrogens with one attached hydrogen (secondary N) is 3. The van der Waals surface area contributed by atoms with Crippen molar-refractivity contribution in [3.63, 3.8) is 0 Å². The quantitative estimate of drug-likeness (QED) is 0.225. The van der Waals surface area contributed by atoms with Gasteiger partial charge in [-0.25, -0.2) is 9.98 Å². The van der Waals surface area contributed by atoms with Crippen molar-refractivity contribution in [1.29, 1.82) is 0 Å². The van der Waals surface area contributed by atoms with Crippen molar-refractivity contribution in [2.24, 2.45) is 12.0 Å². The first-order valence-electron chi connectivity index (χ1n) is 10.5. The zero-order valence-electron chi connectivity index (χ0n) is 19.6. The van der Waals surface area contributed by atoms with E-state index in [1.165, 1.54) is 11.3 Å². The summed E-state index contributed by atoms with van der Waals surface area (Å²) in [7, 11) is 3.63. The largest absolute Gasteiger partial charge is 0.497 e. The third-order valence-electron chi connectivity index (χ3n) is 5.16. The van der Waals surface area contributed by atoms with Crippen molar-refractivity contribution < 1.29 is 4.74 Å². The Labute approximate surface area is 206 Å². The van der Waals surface area contributed by atoms with Crippen molar-refractivity contribution in [3.8, 4) is 17.1 Å². The van der Waals surface area contributed by atoms with E-state index in [9.17, 15) is 0 Å². The Morgan fingerprint density at radius 1 is 1.25 bits per heavy atom. The Bertz CT molecular complexity index is 1030. The van der Waals surface area contributed by atoms with E-state index in [-0.39, 0.29) is 30.0 Å². The predicted octanol–water partition coefficient (Wildman–Crippen LogP) is 3.13. The molecule has 1 atom stereocenters. The van der Waals surface area contributed by atoms with Gasteiger partial charge in [0.25, 0.3) is 0 Å². The van der Waals surface area contributed by atoms with Gasteiger partial charge in [0.2, 0.25) is 0 Å². The minimum absolute atomic E-state index is 0. The van der Waals surface area contributed by atoms with Gasteiger partial charge in [-0.1, -0.05) is 0 Å². The van der Waals surface area contributed by atoms with Crippen LogP contribution in [0.25, 0.3) is 11.4 Å². The standard InChI is InChI=1S/C22H32N8O.HI/c1-7-23-22(25-14(2)12-19-15(3)29-30(5)16(19)4)24-13-20-26-21(28-27-20)17-8-10-18(31-6)11-9-17;/h8-11,14H,7,12-13H2,1-6H3,(H2,23,24,25)(H,26,27,28);1H. The SMILES string of the molecule is CCNC(=NCc1nc(-c2ccc(OC)cc2)n[nH]1)NC(C)Cc1c(C)nn(C)c1C.I. The van der Waals surface area contributed by atoms with Gasteiger partial charge in [-0.2, -0.15) is 10.2 Å². The van der Waals surface area contributed by atoms with Gasteiger partial charge in [-0.15, -0.1) is 24.0 Å². The molecule has 9 nitrogen and oxygen atoms in total. The number of benzene rings is 1. The monoisotopic (exact) mass is 552 g/mol. The fourth-order valence-electron chi connectivity index (χ4n) is 3.41. The van der Waals surface area contributed by atoms with E-state index in [0.717, 1.165) is 35.9 Å². The average molecular weight is 552 g/mol. The van der Waals surface area contributed by atoms with Crippen LogP contribution in [0.4, 0.5) is 0 Å². The summed E-state index contributed by atoms with van der Waals surface area (Å²) in [5.74, 6) is 2.89. The molecule has 0 spiro atoms. The average Bonchev–Trinajstić information content (AvgIpc) is 3.32. The number of nitrogens with zero attached hydrogens (tertiary/aromatic N) is 5. The van der Waals surface area contributed by atoms with E-state index in [2.05, 4.69) is 56.7 Å². The van der Waals surface area contributed by atoms with Gasteiger partial charge in [0.15, 0.2) is 11.8 Å². The van der Waals surface area contributed by atoms with E-state index in [4.69, 9.17) is 4.74 Å². The first kappa shape index (κ1) is 25.6. The van der Waals surface area contributed by atoms with Crippen LogP contribution in [-0.4, -0.2) is 50.6 Å². The second-order valence-electron chi connectivity index (χ2n) is 7.55. The number of guanidine groups is 1. The molecule has 2 aromatic heterocycles. The molecule has 10 heteroatoms. The Kier molecular flexibility index (Phi) is 9.48. The van der Waals surface area contributed by atoms with Crippen molar-refractivity contribution in [2.45, 2.75) is 46.7 Å². The number of halogens is 1. The van der Waals surface area contributed by atoms with Crippen LogP contribution in [0, 0.1) is 13.8 Å². The summed E-state index contributed by atoms with van der Waals surface area (Å²) in [5.41, 5.74) is 4.47. The van der Waals surface area contributed by atoms with Crippen LogP contribution in [0.3, 0.4) is 0 Å². The predicted molar refractivity (Wildman–Crippen MR) is 138 cm³/mol. The number of methoxy groups -OCH3 is 1. The maximum Gasteiger partial charge on any atom is 0.191 e. The van der Waals surface area contributed by atoms with E-state index < -0.39 is 0 Å². The summed E-state index contributed by atoms with van der Waals surface area (Å²) in [4.78, 5) is 9.23. The number of hydrogen-bond acceptors (Lipinski definition) is 5. The molecule has 174 valence electrons. The maximum atomic E-state index is 5.20. The number of aromatic nitrogens is 5. The topological polar surface area (TPSA) is 105 Å². The molecule has 0 saturated heterocycles. The highest BCUT2D eigenvalue weighted by molar-refractivity contribution is 14.0. The van der Waals surface area contributed by atoms with Gasteiger partial charge in [0, 0.05) is 30.9 Å². The van der Waals surface area contributed by atoms with Gasteiger partial charge < -0.3 is 15.4 Å². The van der Waals surface area contributed by atoms with Crippen molar-refractivity contribution >= 4 is 29.9 Å². The van der Waals surface area contributed by atoms with Crippen molar-refractivity contribution in [1.82, 2.24) is 35.6 Å². The molecule has 0 radical (unpaired) electrons. The van der Waals surface area contributed by atoms with Crippen molar-refractivity contribution in [3.05, 3.63) is 47.0 Å². The molecule has 0 aliphatic heterocycles.